The van der Waals surface area contributed by atoms with E-state index in [2.05, 4.69) is 86.2 Å². The van der Waals surface area contributed by atoms with Crippen molar-refractivity contribution < 1.29 is 33.1 Å². The van der Waals surface area contributed by atoms with E-state index in [4.69, 9.17) is 51.7 Å². The number of hydrogen-bond donors (Lipinski definition) is 7. The number of carbonyl (C=O) groups is 4. The van der Waals surface area contributed by atoms with Gasteiger partial charge in [-0.05, 0) is 99.2 Å². The Balaban J connectivity index is 0.000000158. The van der Waals surface area contributed by atoms with Crippen LogP contribution in [0.1, 0.15) is 112 Å². The minimum atomic E-state index is -1.19. The van der Waals surface area contributed by atoms with E-state index in [1.54, 1.807) is 53.6 Å². The second kappa shape index (κ2) is 29.3. The van der Waals surface area contributed by atoms with Crippen molar-refractivity contribution in [3.05, 3.63) is 104 Å². The molecule has 2 saturated carbocycles. The molecular formula is C60H63ClF2N18O5S9. The van der Waals surface area contributed by atoms with E-state index < -0.39 is 42.7 Å². The number of likely N-dealkylation sites (tertiary alicyclic amines) is 1. The predicted molar refractivity (Wildman–Crippen MR) is 387 cm³/mol. The summed E-state index contributed by atoms with van der Waals surface area (Å²) in [7, 11) is 0. The van der Waals surface area contributed by atoms with Crippen molar-refractivity contribution in [1.29, 1.82) is 0 Å². The van der Waals surface area contributed by atoms with E-state index in [1.807, 2.05) is 47.0 Å². The summed E-state index contributed by atoms with van der Waals surface area (Å²) < 4.78 is 38.6. The van der Waals surface area contributed by atoms with Gasteiger partial charge in [-0.3, -0.25) is 19.2 Å². The summed E-state index contributed by atoms with van der Waals surface area (Å²) in [6.07, 6.45) is 13.4. The SMILES string of the molecule is CC(N)=Cc1ncc(-c2nc3c(s2)c(C(N)=O)nn3CC(=O)O)cn1.Cc1cc2ncc(-c3nc4c(s3)c(C(N)=O)nn4CC(=O)N3C[C@H](F)C[C@H]3C(=S)NC3CCC(c4cc5sccc5s4)C3)cn2n1.Cl.F[C@H]1CN[C@H](C(=S)NC2CCC(c3cc4sccc4s3)C2)C1.S. The number of carbonyl (C=O) groups excluding carboxylic acids is 3. The first-order valence-corrected chi connectivity index (χ1v) is 35.6. The van der Waals surface area contributed by atoms with Crippen LogP contribution in [0, 0.1) is 6.92 Å². The molecule has 35 heteroatoms. The number of nitrogens with zero attached hydrogens (tertiary/aromatic N) is 12. The summed E-state index contributed by atoms with van der Waals surface area (Å²) in [4.78, 5) is 76.1. The number of nitrogens with two attached hydrogens (primary N) is 3. The van der Waals surface area contributed by atoms with Crippen LogP contribution >= 0.6 is 118 Å². The van der Waals surface area contributed by atoms with Gasteiger partial charge < -0.3 is 43.2 Å². The fraction of sp³-hybridized carbons (Fsp3) is 0.367. The molecule has 0 spiro atoms. The minimum absolute atomic E-state index is 0. The molecule has 2 aliphatic carbocycles. The van der Waals surface area contributed by atoms with Gasteiger partial charge in [0.25, 0.3) is 11.8 Å². The third-order valence-electron chi connectivity index (χ3n) is 16.5. The van der Waals surface area contributed by atoms with Crippen molar-refractivity contribution in [2.24, 2.45) is 17.2 Å². The fourth-order valence-electron chi connectivity index (χ4n) is 12.2. The third kappa shape index (κ3) is 15.2. The van der Waals surface area contributed by atoms with Gasteiger partial charge >= 0.3 is 5.97 Å². The average molecular weight is 1480 g/mol. The number of allylic oxidation sites excluding steroid dienone is 1. The second-order valence-electron chi connectivity index (χ2n) is 23.3. The molecular weight excluding hydrogens is 1410 g/mol. The molecule has 2 saturated heterocycles. The Hall–Kier alpha value is -7.12. The molecule has 15 rings (SSSR count). The van der Waals surface area contributed by atoms with E-state index in [9.17, 15) is 28.0 Å². The first kappa shape index (κ1) is 69.2. The molecule has 8 atom stereocenters. The Morgan fingerprint density at radius 3 is 1.81 bits per heavy atom. The number of rotatable bonds is 15. The number of aryl methyl sites for hydroxylation is 1. The topological polar surface area (TPSA) is 323 Å². The number of alkyl halides is 2. The van der Waals surface area contributed by atoms with Crippen molar-refractivity contribution in [2.45, 2.75) is 127 Å². The van der Waals surface area contributed by atoms with Crippen LogP contribution in [-0.2, 0) is 22.7 Å². The number of fused-ring (bicyclic) bond motifs is 5. The lowest BCUT2D eigenvalue weighted by Crippen LogP contribution is -2.48. The Labute approximate surface area is 588 Å². The number of aromatic nitrogens is 11. The molecule has 11 aromatic rings. The predicted octanol–water partition coefficient (Wildman–Crippen LogP) is 10.3. The molecule has 3 amide bonds. The van der Waals surface area contributed by atoms with E-state index in [1.165, 1.54) is 55.9 Å². The zero-order valence-electron chi connectivity index (χ0n) is 50.6. The number of primary amides is 2. The molecule has 23 nitrogen and oxygen atoms in total. The first-order chi connectivity index (χ1) is 44.7. The van der Waals surface area contributed by atoms with Crippen LogP contribution in [-0.4, -0.2) is 147 Å². The molecule has 2 aliphatic heterocycles. The summed E-state index contributed by atoms with van der Waals surface area (Å²) in [6.45, 7) is 3.32. The molecule has 498 valence electrons. The molecule has 0 radical (unpaired) electrons. The lowest BCUT2D eigenvalue weighted by Gasteiger charge is -2.27. The number of carboxylic acids is 1. The minimum Gasteiger partial charge on any atom is -0.480 e. The van der Waals surface area contributed by atoms with Gasteiger partial charge in [-0.2, -0.15) is 28.8 Å². The van der Waals surface area contributed by atoms with Gasteiger partial charge in [0, 0.05) is 114 Å². The van der Waals surface area contributed by atoms with Crippen LogP contribution in [0.3, 0.4) is 0 Å². The number of nitrogens with one attached hydrogen (secondary N) is 3. The average Bonchev–Trinajstić information content (AvgIpc) is 1.62. The summed E-state index contributed by atoms with van der Waals surface area (Å²) in [5.41, 5.74) is 20.6. The Kier molecular flexibility index (Phi) is 21.4. The van der Waals surface area contributed by atoms with Crippen molar-refractivity contribution in [1.82, 2.24) is 74.9 Å². The van der Waals surface area contributed by atoms with Crippen LogP contribution in [0.5, 0.6) is 0 Å². The van der Waals surface area contributed by atoms with Gasteiger partial charge in [0.1, 0.15) is 44.8 Å². The summed E-state index contributed by atoms with van der Waals surface area (Å²) in [5, 5.41) is 37.1. The molecule has 0 bridgehead atoms. The van der Waals surface area contributed by atoms with Crippen molar-refractivity contribution >= 4 is 203 Å². The van der Waals surface area contributed by atoms with E-state index in [-0.39, 0.29) is 80.4 Å². The van der Waals surface area contributed by atoms with Crippen LogP contribution in [0.4, 0.5) is 8.78 Å². The number of thiocarbonyl (C=S) groups is 2. The highest BCUT2D eigenvalue weighted by Gasteiger charge is 2.40. The number of carboxylic acid groups (broad SMARTS) is 1. The van der Waals surface area contributed by atoms with Crippen LogP contribution in [0.15, 0.2) is 71.6 Å². The molecule has 4 unspecified atom stereocenters. The number of amides is 3. The van der Waals surface area contributed by atoms with Crippen LogP contribution in [0.2, 0.25) is 0 Å². The van der Waals surface area contributed by atoms with E-state index in [0.29, 0.717) is 89.2 Å². The third-order valence-corrected chi connectivity index (χ3v) is 24.0. The smallest absolute Gasteiger partial charge is 0.325 e. The standard InChI is InChI=1S/C30H28FN9O2S4.C16H19FN2S3.C14H13N7O3S.ClH.H2S/c1-14-6-23-33-10-16(11-39(23)36-14)30-35-28-26(46-30)25(27(32)42)37-40(28)13-24(41)38-12-17(31)8-19(38)29(43)34-18-3-2-15(7-18)21-9-22-20(45-21)4-5-44-22;17-10-6-12(18-8-10)16(20)19-11-2-1-9(5-11)14-7-15-13(22-14)3-4-21-15;1-6(15)2-8-17-3-7(4-18-8)14-19-13-11(25-14)10(12(16)24)20-21(13)5-9(22)23;;/h4-6,9-11,15,17-19H,2-3,7-8,12-13H2,1H3,(H2,32,42)(H,34,43);3-4,7,9-12,18H,1-2,5-6,8H2,(H,19,20);2-4H,5,15H2,1H3,(H2,16,24)(H,22,23);1H;1H2/t15?,17-,18?,19+;9?,10-,11?,12+;;;/m11.../s1. The largest absolute Gasteiger partial charge is 0.480 e. The van der Waals surface area contributed by atoms with Gasteiger partial charge in [0.15, 0.2) is 34.2 Å². The molecule has 95 heavy (non-hydrogen) atoms. The summed E-state index contributed by atoms with van der Waals surface area (Å²) >= 11 is 21.0. The van der Waals surface area contributed by atoms with E-state index in [0.717, 1.165) is 58.8 Å². The van der Waals surface area contributed by atoms with Crippen LogP contribution in [0.25, 0.3) is 72.4 Å². The van der Waals surface area contributed by atoms with Gasteiger partial charge in [0.2, 0.25) is 5.91 Å². The quantitative estimate of drug-likeness (QED) is 0.0469. The van der Waals surface area contributed by atoms with E-state index >= 15 is 0 Å². The Morgan fingerprint density at radius 1 is 0.716 bits per heavy atom. The molecule has 4 aliphatic rings. The number of thiazole rings is 2. The highest BCUT2D eigenvalue weighted by molar-refractivity contribution is 7.80. The van der Waals surface area contributed by atoms with Gasteiger partial charge in [-0.15, -0.1) is 80.4 Å². The highest BCUT2D eigenvalue weighted by Crippen LogP contribution is 2.44. The molecule has 13 heterocycles. The lowest BCUT2D eigenvalue weighted by molar-refractivity contribution is -0.138. The van der Waals surface area contributed by atoms with Crippen molar-refractivity contribution in [2.75, 3.05) is 13.1 Å². The second-order valence-corrected chi connectivity index (χ2v) is 30.3. The number of aliphatic carboxylic acids is 1. The molecule has 4 fully saturated rings. The molecule has 11 aromatic heterocycles. The molecule has 10 N–H and O–H groups in total. The maximum Gasteiger partial charge on any atom is 0.325 e. The Bertz CT molecular complexity index is 4660. The van der Waals surface area contributed by atoms with Gasteiger partial charge in [-0.1, -0.05) is 24.4 Å². The monoisotopic (exact) mass is 1480 g/mol. The number of halogens is 3. The fourth-order valence-corrected chi connectivity index (χ4v) is 19.5. The summed E-state index contributed by atoms with van der Waals surface area (Å²) in [6, 6.07) is 11.0. The number of hydrogen-bond acceptors (Lipinski definition) is 22. The molecule has 0 aromatic carbocycles. The highest BCUT2D eigenvalue weighted by atomic mass is 35.5. The Morgan fingerprint density at radius 2 is 1.27 bits per heavy atom. The van der Waals surface area contributed by atoms with Gasteiger partial charge in [-0.25, -0.2) is 47.6 Å². The maximum absolute atomic E-state index is 14.8. The zero-order chi connectivity index (χ0) is 64.9. The normalized spacial score (nSPS) is 21.0. The first-order valence-electron chi connectivity index (χ1n) is 29.7. The number of thiophene rings is 4. The lowest BCUT2D eigenvalue weighted by atomic mass is 10.1. The zero-order valence-corrected chi connectivity index (χ0v) is 59.0. The van der Waals surface area contributed by atoms with Crippen LogP contribution < -0.4 is 33.2 Å². The summed E-state index contributed by atoms with van der Waals surface area (Å²) in [5.74, 6) is -1.37. The maximum atomic E-state index is 14.8. The van der Waals surface area contributed by atoms with Crippen molar-refractivity contribution in [3.63, 3.8) is 0 Å². The van der Waals surface area contributed by atoms with Crippen molar-refractivity contribution in [3.8, 4) is 21.1 Å². The van der Waals surface area contributed by atoms with Gasteiger partial charge in [0.05, 0.1) is 34.3 Å².